The second kappa shape index (κ2) is 11.1. The number of ketones is 1. The number of hydrogen-bond acceptors (Lipinski definition) is 4. The fraction of sp³-hybridized carbons (Fsp3) is 0.828. The van der Waals surface area contributed by atoms with Crippen LogP contribution >= 0.6 is 0 Å². The third kappa shape index (κ3) is 5.52. The van der Waals surface area contributed by atoms with Crippen molar-refractivity contribution in [2.45, 2.75) is 124 Å². The van der Waals surface area contributed by atoms with Gasteiger partial charge in [-0.1, -0.05) is 46.5 Å². The lowest BCUT2D eigenvalue weighted by Gasteiger charge is -2.44. The average molecular weight is 485 g/mol. The molecule has 0 aromatic carbocycles. The molecule has 0 bridgehead atoms. The van der Waals surface area contributed by atoms with Crippen molar-refractivity contribution in [3.8, 4) is 0 Å². The SMILES string of the molecule is CCCC1CC(=O)[C@H](CC(C)C)NC(=O)C12CCN(Cc1c(C)nn(C3CCCCC3)c1C)CC2. The minimum absolute atomic E-state index is 0.143. The summed E-state index contributed by atoms with van der Waals surface area (Å²) in [6.45, 7) is 13.6. The number of amides is 1. The smallest absolute Gasteiger partial charge is 0.227 e. The number of likely N-dealkylation sites (tertiary alicyclic amines) is 1. The molecule has 2 saturated heterocycles. The molecule has 1 aliphatic carbocycles. The first-order valence-electron chi connectivity index (χ1n) is 14.4. The number of rotatable bonds is 7. The van der Waals surface area contributed by atoms with Crippen molar-refractivity contribution in [2.24, 2.45) is 17.3 Å². The highest BCUT2D eigenvalue weighted by atomic mass is 16.2. The molecule has 3 heterocycles. The topological polar surface area (TPSA) is 67.2 Å². The summed E-state index contributed by atoms with van der Waals surface area (Å²) < 4.78 is 2.31. The van der Waals surface area contributed by atoms with Gasteiger partial charge >= 0.3 is 0 Å². The Morgan fingerprint density at radius 2 is 1.77 bits per heavy atom. The molecule has 2 aliphatic heterocycles. The third-order valence-corrected chi connectivity index (χ3v) is 9.24. The quantitative estimate of drug-likeness (QED) is 0.554. The van der Waals surface area contributed by atoms with Crippen molar-refractivity contribution in [2.75, 3.05) is 13.1 Å². The standard InChI is InChI=1S/C29H48N4O2/c1-6-10-23-18-27(34)26(17-20(2)3)30-28(35)29(23)13-15-32(16-14-29)19-25-21(4)31-33(22(25)5)24-11-8-7-9-12-24/h20,23-24,26H,6-19H2,1-5H3,(H,30,35)/t23?,26-/m0/s1. The number of aromatic nitrogens is 2. The lowest BCUT2D eigenvalue weighted by Crippen LogP contribution is -2.52. The first-order valence-corrected chi connectivity index (χ1v) is 14.4. The molecule has 1 spiro atoms. The Labute approximate surface area is 212 Å². The highest BCUT2D eigenvalue weighted by molar-refractivity contribution is 5.94. The van der Waals surface area contributed by atoms with Gasteiger partial charge in [-0.2, -0.15) is 5.10 Å². The van der Waals surface area contributed by atoms with Crippen LogP contribution < -0.4 is 5.32 Å². The number of piperidine rings is 1. The predicted molar refractivity (Wildman–Crippen MR) is 140 cm³/mol. The summed E-state index contributed by atoms with van der Waals surface area (Å²) in [7, 11) is 0. The van der Waals surface area contributed by atoms with E-state index in [2.05, 4.69) is 49.5 Å². The monoisotopic (exact) mass is 484 g/mol. The molecule has 0 radical (unpaired) electrons. The number of Topliss-reactive ketones (excluding diaryl/α,β-unsaturated/α-hetero) is 1. The van der Waals surface area contributed by atoms with Crippen LogP contribution in [-0.2, 0) is 16.1 Å². The molecule has 196 valence electrons. The van der Waals surface area contributed by atoms with Gasteiger partial charge in [-0.25, -0.2) is 0 Å². The van der Waals surface area contributed by atoms with E-state index in [0.717, 1.165) is 57.4 Å². The molecular weight excluding hydrogens is 436 g/mol. The van der Waals surface area contributed by atoms with Gasteiger partial charge in [0.05, 0.1) is 23.2 Å². The molecule has 2 atom stereocenters. The minimum atomic E-state index is -0.399. The lowest BCUT2D eigenvalue weighted by atomic mass is 9.65. The van der Waals surface area contributed by atoms with Crippen LogP contribution in [0.15, 0.2) is 0 Å². The van der Waals surface area contributed by atoms with E-state index < -0.39 is 5.41 Å². The molecule has 3 fully saturated rings. The maximum Gasteiger partial charge on any atom is 0.227 e. The van der Waals surface area contributed by atoms with Gasteiger partial charge in [-0.05, 0) is 77.3 Å². The zero-order valence-electron chi connectivity index (χ0n) is 22.9. The number of hydrogen-bond donors (Lipinski definition) is 1. The van der Waals surface area contributed by atoms with Gasteiger partial charge in [0.1, 0.15) is 0 Å². The summed E-state index contributed by atoms with van der Waals surface area (Å²) >= 11 is 0. The average Bonchev–Trinajstić information content (AvgIpc) is 3.07. The van der Waals surface area contributed by atoms with Crippen molar-refractivity contribution in [3.05, 3.63) is 17.0 Å². The summed E-state index contributed by atoms with van der Waals surface area (Å²) in [5.74, 6) is 0.943. The van der Waals surface area contributed by atoms with Crippen LogP contribution in [0.25, 0.3) is 0 Å². The Hall–Kier alpha value is -1.69. The van der Waals surface area contributed by atoms with Gasteiger partial charge < -0.3 is 5.32 Å². The first-order chi connectivity index (χ1) is 16.7. The number of carbonyl (C=O) groups excluding carboxylic acids is 2. The minimum Gasteiger partial charge on any atom is -0.346 e. The Bertz CT molecular complexity index is 891. The van der Waals surface area contributed by atoms with Crippen molar-refractivity contribution in [3.63, 3.8) is 0 Å². The van der Waals surface area contributed by atoms with E-state index in [9.17, 15) is 9.59 Å². The van der Waals surface area contributed by atoms with E-state index in [4.69, 9.17) is 5.10 Å². The molecular formula is C29H48N4O2. The number of nitrogens with zero attached hydrogens (tertiary/aromatic N) is 3. The summed E-state index contributed by atoms with van der Waals surface area (Å²) in [6.07, 6.45) is 11.4. The summed E-state index contributed by atoms with van der Waals surface area (Å²) in [5, 5.41) is 8.18. The fourth-order valence-electron chi connectivity index (χ4n) is 7.11. The molecule has 1 saturated carbocycles. The van der Waals surface area contributed by atoms with Crippen LogP contribution in [0, 0.1) is 31.1 Å². The van der Waals surface area contributed by atoms with Crippen LogP contribution in [-0.4, -0.2) is 45.5 Å². The van der Waals surface area contributed by atoms with E-state index >= 15 is 0 Å². The van der Waals surface area contributed by atoms with Gasteiger partial charge in [-0.15, -0.1) is 0 Å². The van der Waals surface area contributed by atoms with E-state index in [0.29, 0.717) is 18.4 Å². The van der Waals surface area contributed by atoms with Crippen molar-refractivity contribution >= 4 is 11.7 Å². The Kier molecular flexibility index (Phi) is 8.40. The highest BCUT2D eigenvalue weighted by Crippen LogP contribution is 2.45. The molecule has 4 rings (SSSR count). The normalized spacial score (nSPS) is 26.3. The Morgan fingerprint density at radius 3 is 2.40 bits per heavy atom. The fourth-order valence-corrected chi connectivity index (χ4v) is 7.11. The second-order valence-corrected chi connectivity index (χ2v) is 12.1. The van der Waals surface area contributed by atoms with Crippen LogP contribution in [0.5, 0.6) is 0 Å². The third-order valence-electron chi connectivity index (χ3n) is 9.24. The largest absolute Gasteiger partial charge is 0.346 e. The van der Waals surface area contributed by atoms with Gasteiger partial charge in [-0.3, -0.25) is 19.2 Å². The van der Waals surface area contributed by atoms with Crippen molar-refractivity contribution < 1.29 is 9.59 Å². The molecule has 1 amide bonds. The van der Waals surface area contributed by atoms with E-state index in [1.54, 1.807) is 0 Å². The molecule has 6 nitrogen and oxygen atoms in total. The zero-order valence-corrected chi connectivity index (χ0v) is 22.9. The Morgan fingerprint density at radius 1 is 1.09 bits per heavy atom. The molecule has 1 aromatic heterocycles. The van der Waals surface area contributed by atoms with Gasteiger partial charge in [0.15, 0.2) is 5.78 Å². The first kappa shape index (κ1) is 26.4. The maximum atomic E-state index is 13.7. The lowest BCUT2D eigenvalue weighted by molar-refractivity contribution is -0.138. The van der Waals surface area contributed by atoms with E-state index in [-0.39, 0.29) is 23.7 Å². The zero-order chi connectivity index (χ0) is 25.2. The Balaban J connectivity index is 1.47. The molecule has 3 aliphatic rings. The molecule has 1 N–H and O–H groups in total. The van der Waals surface area contributed by atoms with Crippen LogP contribution in [0.3, 0.4) is 0 Å². The number of carbonyl (C=O) groups is 2. The number of nitrogens with one attached hydrogen (secondary N) is 1. The second-order valence-electron chi connectivity index (χ2n) is 12.1. The molecule has 6 heteroatoms. The predicted octanol–water partition coefficient (Wildman–Crippen LogP) is 5.51. The van der Waals surface area contributed by atoms with Gasteiger partial charge in [0.2, 0.25) is 5.91 Å². The molecule has 1 unspecified atom stereocenters. The molecule has 1 aromatic rings. The summed E-state index contributed by atoms with van der Waals surface area (Å²) in [4.78, 5) is 29.3. The van der Waals surface area contributed by atoms with E-state index in [1.807, 2.05) is 0 Å². The van der Waals surface area contributed by atoms with Crippen LogP contribution in [0.2, 0.25) is 0 Å². The van der Waals surface area contributed by atoms with Crippen molar-refractivity contribution in [1.82, 2.24) is 20.0 Å². The highest BCUT2D eigenvalue weighted by Gasteiger charge is 2.50. The maximum absolute atomic E-state index is 13.7. The van der Waals surface area contributed by atoms with Crippen molar-refractivity contribution in [1.29, 1.82) is 0 Å². The summed E-state index contributed by atoms with van der Waals surface area (Å²) in [5.41, 5.74) is 3.46. The van der Waals surface area contributed by atoms with Crippen LogP contribution in [0.4, 0.5) is 0 Å². The van der Waals surface area contributed by atoms with Crippen LogP contribution in [0.1, 0.15) is 114 Å². The van der Waals surface area contributed by atoms with E-state index in [1.165, 1.54) is 43.4 Å². The van der Waals surface area contributed by atoms with Gasteiger partial charge in [0, 0.05) is 24.2 Å². The summed E-state index contributed by atoms with van der Waals surface area (Å²) in [6, 6.07) is 0.247. The number of aryl methyl sites for hydroxylation is 1. The van der Waals surface area contributed by atoms with Gasteiger partial charge in [0.25, 0.3) is 0 Å². The molecule has 35 heavy (non-hydrogen) atoms.